The number of rotatable bonds is 4. The van der Waals surface area contributed by atoms with E-state index in [0.717, 1.165) is 29.2 Å². The third kappa shape index (κ3) is 3.05. The number of fused-ring (bicyclic) bond motifs is 1. The highest BCUT2D eigenvalue weighted by Crippen LogP contribution is 2.33. The molecule has 0 fully saturated rings. The van der Waals surface area contributed by atoms with Crippen LogP contribution in [0, 0.1) is 0 Å². The van der Waals surface area contributed by atoms with Gasteiger partial charge in [-0.15, -0.1) is 0 Å². The summed E-state index contributed by atoms with van der Waals surface area (Å²) in [6, 6.07) is 9.83. The SMILES string of the molecule is c1cnnc(CNCc2cccc3c2OCCCO3)c1. The first-order chi connectivity index (χ1) is 9.93. The van der Waals surface area contributed by atoms with Crippen LogP contribution in [-0.2, 0) is 13.1 Å². The monoisotopic (exact) mass is 271 g/mol. The number of ether oxygens (including phenoxy) is 2. The number of benzene rings is 1. The lowest BCUT2D eigenvalue weighted by Crippen LogP contribution is -2.14. The largest absolute Gasteiger partial charge is 0.490 e. The normalized spacial score (nSPS) is 13.8. The van der Waals surface area contributed by atoms with E-state index in [0.29, 0.717) is 26.3 Å². The van der Waals surface area contributed by atoms with Crippen molar-refractivity contribution in [3.8, 4) is 11.5 Å². The molecule has 1 N–H and O–H groups in total. The molecule has 20 heavy (non-hydrogen) atoms. The first kappa shape index (κ1) is 12.9. The molecule has 1 aromatic carbocycles. The molecule has 2 aromatic rings. The molecule has 0 bridgehead atoms. The number of nitrogens with zero attached hydrogens (tertiary/aromatic N) is 2. The lowest BCUT2D eigenvalue weighted by Gasteiger charge is -2.12. The third-order valence-corrected chi connectivity index (χ3v) is 3.10. The molecule has 0 atom stereocenters. The van der Waals surface area contributed by atoms with Gasteiger partial charge in [-0.25, -0.2) is 0 Å². The fourth-order valence-electron chi connectivity index (χ4n) is 2.15. The van der Waals surface area contributed by atoms with Gasteiger partial charge in [0.1, 0.15) is 0 Å². The van der Waals surface area contributed by atoms with Gasteiger partial charge in [-0.1, -0.05) is 12.1 Å². The van der Waals surface area contributed by atoms with Gasteiger partial charge in [0.2, 0.25) is 0 Å². The molecular weight excluding hydrogens is 254 g/mol. The highest BCUT2D eigenvalue weighted by molar-refractivity contribution is 5.47. The summed E-state index contributed by atoms with van der Waals surface area (Å²) in [5.74, 6) is 1.69. The van der Waals surface area contributed by atoms with Crippen LogP contribution >= 0.6 is 0 Å². The maximum absolute atomic E-state index is 5.79. The lowest BCUT2D eigenvalue weighted by atomic mass is 10.2. The van der Waals surface area contributed by atoms with E-state index >= 15 is 0 Å². The van der Waals surface area contributed by atoms with Gasteiger partial charge in [-0.2, -0.15) is 10.2 Å². The molecule has 0 amide bonds. The Labute approximate surface area is 117 Å². The zero-order valence-corrected chi connectivity index (χ0v) is 11.2. The Kier molecular flexibility index (Phi) is 4.08. The van der Waals surface area contributed by atoms with Crippen LogP contribution in [0.5, 0.6) is 11.5 Å². The summed E-state index contributed by atoms with van der Waals surface area (Å²) in [5.41, 5.74) is 2.03. The molecule has 0 unspecified atom stereocenters. The van der Waals surface area contributed by atoms with Gasteiger partial charge in [-0.3, -0.25) is 0 Å². The molecule has 0 saturated heterocycles. The number of hydrogen-bond donors (Lipinski definition) is 1. The van der Waals surface area contributed by atoms with E-state index < -0.39 is 0 Å². The Morgan fingerprint density at radius 2 is 2.00 bits per heavy atom. The van der Waals surface area contributed by atoms with Crippen LogP contribution in [0.2, 0.25) is 0 Å². The molecule has 3 rings (SSSR count). The van der Waals surface area contributed by atoms with Crippen molar-refractivity contribution in [2.24, 2.45) is 0 Å². The van der Waals surface area contributed by atoms with E-state index in [9.17, 15) is 0 Å². The maximum Gasteiger partial charge on any atom is 0.165 e. The summed E-state index contributed by atoms with van der Waals surface area (Å²) < 4.78 is 11.5. The summed E-state index contributed by atoms with van der Waals surface area (Å²) in [5, 5.41) is 11.3. The number of nitrogens with one attached hydrogen (secondary N) is 1. The van der Waals surface area contributed by atoms with Crippen molar-refractivity contribution in [2.75, 3.05) is 13.2 Å². The highest BCUT2D eigenvalue weighted by Gasteiger charge is 2.13. The van der Waals surface area contributed by atoms with E-state index in [1.165, 1.54) is 0 Å². The molecule has 5 heteroatoms. The zero-order chi connectivity index (χ0) is 13.6. The maximum atomic E-state index is 5.79. The molecule has 0 radical (unpaired) electrons. The quantitative estimate of drug-likeness (QED) is 0.920. The van der Waals surface area contributed by atoms with Crippen LogP contribution in [0.15, 0.2) is 36.5 Å². The van der Waals surface area contributed by atoms with E-state index in [2.05, 4.69) is 21.6 Å². The number of para-hydroxylation sites is 1. The van der Waals surface area contributed by atoms with Crippen molar-refractivity contribution in [2.45, 2.75) is 19.5 Å². The standard InChI is InChI=1S/C15H17N3O2/c1-4-12(10-16-11-13-5-2-7-17-18-13)15-14(6-1)19-8-3-9-20-15/h1-2,4-7,16H,3,8-11H2. The minimum absolute atomic E-state index is 0.679. The first-order valence-corrected chi connectivity index (χ1v) is 6.78. The topological polar surface area (TPSA) is 56.3 Å². The smallest absolute Gasteiger partial charge is 0.165 e. The Hall–Kier alpha value is -2.14. The molecule has 0 saturated carbocycles. The van der Waals surface area contributed by atoms with Crippen molar-refractivity contribution in [3.63, 3.8) is 0 Å². The van der Waals surface area contributed by atoms with Gasteiger partial charge in [0.15, 0.2) is 11.5 Å². The van der Waals surface area contributed by atoms with Crippen LogP contribution in [0.25, 0.3) is 0 Å². The van der Waals surface area contributed by atoms with Gasteiger partial charge >= 0.3 is 0 Å². The third-order valence-electron chi connectivity index (χ3n) is 3.10. The highest BCUT2D eigenvalue weighted by atomic mass is 16.5. The van der Waals surface area contributed by atoms with Crippen molar-refractivity contribution < 1.29 is 9.47 Å². The van der Waals surface area contributed by atoms with Crippen molar-refractivity contribution in [3.05, 3.63) is 47.8 Å². The van der Waals surface area contributed by atoms with E-state index in [1.54, 1.807) is 6.20 Å². The molecule has 0 spiro atoms. The van der Waals surface area contributed by atoms with Crippen molar-refractivity contribution in [1.82, 2.24) is 15.5 Å². The van der Waals surface area contributed by atoms with Gasteiger partial charge in [0.25, 0.3) is 0 Å². The molecule has 1 aliphatic rings. The second-order valence-corrected chi connectivity index (χ2v) is 4.61. The summed E-state index contributed by atoms with van der Waals surface area (Å²) >= 11 is 0. The van der Waals surface area contributed by atoms with Crippen LogP contribution in [0.4, 0.5) is 0 Å². The summed E-state index contributed by atoms with van der Waals surface area (Å²) in [4.78, 5) is 0. The molecule has 2 heterocycles. The summed E-state index contributed by atoms with van der Waals surface area (Å²) in [6.45, 7) is 2.80. The van der Waals surface area contributed by atoms with Gasteiger partial charge < -0.3 is 14.8 Å². The van der Waals surface area contributed by atoms with Crippen molar-refractivity contribution >= 4 is 0 Å². The number of aromatic nitrogens is 2. The summed E-state index contributed by atoms with van der Waals surface area (Å²) in [6.07, 6.45) is 2.59. The Bertz CT molecular complexity index is 560. The zero-order valence-electron chi connectivity index (χ0n) is 11.2. The Morgan fingerprint density at radius 3 is 2.90 bits per heavy atom. The van der Waals surface area contributed by atoms with E-state index in [-0.39, 0.29) is 0 Å². The first-order valence-electron chi connectivity index (χ1n) is 6.78. The van der Waals surface area contributed by atoms with Crippen LogP contribution < -0.4 is 14.8 Å². The predicted octanol–water partition coefficient (Wildman–Crippen LogP) is 1.93. The van der Waals surface area contributed by atoms with Gasteiger partial charge in [-0.05, 0) is 18.2 Å². The number of hydrogen-bond acceptors (Lipinski definition) is 5. The predicted molar refractivity (Wildman–Crippen MR) is 74.6 cm³/mol. The molecule has 1 aromatic heterocycles. The lowest BCUT2D eigenvalue weighted by molar-refractivity contribution is 0.296. The van der Waals surface area contributed by atoms with Crippen molar-refractivity contribution in [1.29, 1.82) is 0 Å². The second-order valence-electron chi connectivity index (χ2n) is 4.61. The molecule has 1 aliphatic heterocycles. The average Bonchev–Trinajstić information content (AvgIpc) is 2.74. The van der Waals surface area contributed by atoms with Crippen LogP contribution in [0.1, 0.15) is 17.7 Å². The minimum Gasteiger partial charge on any atom is -0.490 e. The minimum atomic E-state index is 0.679. The second kappa shape index (κ2) is 6.34. The fourth-order valence-corrected chi connectivity index (χ4v) is 2.15. The average molecular weight is 271 g/mol. The molecule has 104 valence electrons. The summed E-state index contributed by atoms with van der Waals surface area (Å²) in [7, 11) is 0. The Balaban J connectivity index is 1.66. The molecule has 0 aliphatic carbocycles. The van der Waals surface area contributed by atoms with Gasteiger partial charge in [0, 0.05) is 31.3 Å². The van der Waals surface area contributed by atoms with Crippen LogP contribution in [-0.4, -0.2) is 23.4 Å². The molecule has 5 nitrogen and oxygen atoms in total. The fraction of sp³-hybridized carbons (Fsp3) is 0.333. The Morgan fingerprint density at radius 1 is 1.05 bits per heavy atom. The van der Waals surface area contributed by atoms with Crippen LogP contribution in [0.3, 0.4) is 0 Å². The van der Waals surface area contributed by atoms with E-state index in [1.807, 2.05) is 24.3 Å². The van der Waals surface area contributed by atoms with Gasteiger partial charge in [0.05, 0.1) is 18.9 Å². The van der Waals surface area contributed by atoms with E-state index in [4.69, 9.17) is 9.47 Å². The molecular formula is C15H17N3O2.